The average molecular weight is 164 g/mol. The van der Waals surface area contributed by atoms with Gasteiger partial charge in [-0.15, -0.1) is 0 Å². The monoisotopic (exact) mass is 164 g/mol. The number of hydrogen-bond acceptors (Lipinski definition) is 3. The summed E-state index contributed by atoms with van der Waals surface area (Å²) in [4.78, 5) is 0. The van der Waals surface area contributed by atoms with Crippen LogP contribution < -0.4 is 11.3 Å². The Hall–Kier alpha value is 0.200. The van der Waals surface area contributed by atoms with E-state index in [2.05, 4.69) is 12.3 Å². The van der Waals surface area contributed by atoms with Gasteiger partial charge < -0.3 is 5.43 Å². The summed E-state index contributed by atoms with van der Waals surface area (Å²) in [5.41, 5.74) is 2.42. The van der Waals surface area contributed by atoms with Crippen molar-refractivity contribution in [1.82, 2.24) is 5.43 Å². The Bertz CT molecular complexity index is 85.0. The highest BCUT2D eigenvalue weighted by atomic mass is 32.2. The van der Waals surface area contributed by atoms with E-state index in [9.17, 15) is 0 Å². The van der Waals surface area contributed by atoms with E-state index < -0.39 is 0 Å². The summed E-state index contributed by atoms with van der Waals surface area (Å²) in [5, 5.41) is 0. The maximum Gasteiger partial charge on any atom is 0.147 e. The van der Waals surface area contributed by atoms with E-state index in [1.165, 1.54) is 12.8 Å². The lowest BCUT2D eigenvalue weighted by Crippen LogP contribution is -2.25. The standard InChI is InChI=1S/C5H12N2S2/c1-2-3-4-9-5(8)7-6/h2-4,6H2,1H3,(H,7,8). The van der Waals surface area contributed by atoms with Gasteiger partial charge in [-0.3, -0.25) is 0 Å². The first kappa shape index (κ1) is 9.20. The lowest BCUT2D eigenvalue weighted by atomic mass is 10.4. The van der Waals surface area contributed by atoms with Crippen LogP contribution in [0, 0.1) is 0 Å². The Balaban J connectivity index is 2.97. The molecule has 3 N–H and O–H groups in total. The fourth-order valence-corrected chi connectivity index (χ4v) is 1.30. The molecule has 0 saturated carbocycles. The first-order valence-electron chi connectivity index (χ1n) is 2.94. The zero-order valence-electron chi connectivity index (χ0n) is 5.52. The average Bonchev–Trinajstić information content (AvgIpc) is 1.89. The summed E-state index contributed by atoms with van der Waals surface area (Å²) in [7, 11) is 0. The van der Waals surface area contributed by atoms with Crippen molar-refractivity contribution >= 4 is 28.3 Å². The van der Waals surface area contributed by atoms with Crippen LogP contribution in [0.1, 0.15) is 19.8 Å². The summed E-state index contributed by atoms with van der Waals surface area (Å²) in [6.07, 6.45) is 2.41. The maximum absolute atomic E-state index is 5.04. The van der Waals surface area contributed by atoms with Gasteiger partial charge >= 0.3 is 0 Å². The molecule has 9 heavy (non-hydrogen) atoms. The van der Waals surface area contributed by atoms with Gasteiger partial charge in [0.25, 0.3) is 0 Å². The molecule has 0 amide bonds. The molecule has 0 atom stereocenters. The van der Waals surface area contributed by atoms with Crippen molar-refractivity contribution in [2.75, 3.05) is 5.75 Å². The first-order chi connectivity index (χ1) is 4.31. The minimum absolute atomic E-state index is 0.684. The lowest BCUT2D eigenvalue weighted by Gasteiger charge is -1.98. The zero-order chi connectivity index (χ0) is 7.11. The van der Waals surface area contributed by atoms with Crippen LogP contribution in [0.3, 0.4) is 0 Å². The fourth-order valence-electron chi connectivity index (χ4n) is 0.351. The van der Waals surface area contributed by atoms with E-state index in [4.69, 9.17) is 18.1 Å². The summed E-state index contributed by atoms with van der Waals surface area (Å²) in [6.45, 7) is 2.15. The van der Waals surface area contributed by atoms with Gasteiger partial charge in [0.2, 0.25) is 0 Å². The van der Waals surface area contributed by atoms with Crippen LogP contribution in [-0.4, -0.2) is 10.1 Å². The molecule has 0 radical (unpaired) electrons. The number of thiocarbonyl (C=S) groups is 1. The Labute approximate surface area is 65.5 Å². The van der Waals surface area contributed by atoms with E-state index in [0.717, 1.165) is 5.75 Å². The molecule has 0 saturated heterocycles. The highest BCUT2D eigenvalue weighted by Crippen LogP contribution is 2.04. The third-order valence-electron chi connectivity index (χ3n) is 0.849. The van der Waals surface area contributed by atoms with Crippen LogP contribution in [0.25, 0.3) is 0 Å². The Morgan fingerprint density at radius 2 is 2.44 bits per heavy atom. The van der Waals surface area contributed by atoms with Crippen molar-refractivity contribution in [2.24, 2.45) is 5.84 Å². The van der Waals surface area contributed by atoms with Crippen molar-refractivity contribution in [1.29, 1.82) is 0 Å². The number of rotatable bonds is 3. The van der Waals surface area contributed by atoms with Gasteiger partial charge in [-0.25, -0.2) is 5.84 Å². The Morgan fingerprint density at radius 1 is 1.78 bits per heavy atom. The molecule has 0 aromatic heterocycles. The summed E-state index contributed by atoms with van der Waals surface area (Å²) >= 11 is 6.39. The van der Waals surface area contributed by atoms with Gasteiger partial charge in [-0.2, -0.15) is 0 Å². The minimum Gasteiger partial charge on any atom is -0.309 e. The molecule has 0 heterocycles. The predicted octanol–water partition coefficient (Wildman–Crippen LogP) is 1.27. The largest absolute Gasteiger partial charge is 0.309 e. The topological polar surface area (TPSA) is 38.0 Å². The van der Waals surface area contributed by atoms with Crippen molar-refractivity contribution in [2.45, 2.75) is 19.8 Å². The van der Waals surface area contributed by atoms with Gasteiger partial charge in [0.1, 0.15) is 4.32 Å². The quantitative estimate of drug-likeness (QED) is 0.285. The number of hydrogen-bond donors (Lipinski definition) is 2. The minimum atomic E-state index is 0.684. The number of nitrogens with one attached hydrogen (secondary N) is 1. The first-order valence-corrected chi connectivity index (χ1v) is 4.34. The molecule has 0 rings (SSSR count). The second kappa shape index (κ2) is 6.32. The SMILES string of the molecule is CCCCSC(=S)NN. The van der Waals surface area contributed by atoms with Crippen molar-refractivity contribution < 1.29 is 0 Å². The van der Waals surface area contributed by atoms with Gasteiger partial charge in [-0.05, 0) is 6.42 Å². The number of unbranched alkanes of at least 4 members (excludes halogenated alkanes) is 1. The molecule has 0 unspecified atom stereocenters. The molecule has 0 spiro atoms. The van der Waals surface area contributed by atoms with Crippen LogP contribution in [-0.2, 0) is 0 Å². The lowest BCUT2D eigenvalue weighted by molar-refractivity contribution is 0.897. The molecule has 0 fully saturated rings. The molecule has 2 nitrogen and oxygen atoms in total. The fraction of sp³-hybridized carbons (Fsp3) is 0.800. The van der Waals surface area contributed by atoms with E-state index in [0.29, 0.717) is 4.32 Å². The van der Waals surface area contributed by atoms with E-state index in [1.807, 2.05) is 0 Å². The third kappa shape index (κ3) is 6.08. The highest BCUT2D eigenvalue weighted by Gasteiger charge is 1.90. The Morgan fingerprint density at radius 3 is 2.89 bits per heavy atom. The van der Waals surface area contributed by atoms with Crippen LogP contribution in [0.2, 0.25) is 0 Å². The molecular weight excluding hydrogens is 152 g/mol. The van der Waals surface area contributed by atoms with Crippen molar-refractivity contribution in [3.8, 4) is 0 Å². The molecule has 0 aromatic carbocycles. The van der Waals surface area contributed by atoms with Crippen LogP contribution in [0.5, 0.6) is 0 Å². The molecule has 0 aromatic rings. The van der Waals surface area contributed by atoms with Crippen molar-refractivity contribution in [3.63, 3.8) is 0 Å². The maximum atomic E-state index is 5.04. The number of thioether (sulfide) groups is 1. The molecule has 0 aliphatic rings. The van der Waals surface area contributed by atoms with Crippen LogP contribution in [0.15, 0.2) is 0 Å². The predicted molar refractivity (Wildman–Crippen MR) is 47.3 cm³/mol. The molecule has 0 aliphatic heterocycles. The van der Waals surface area contributed by atoms with E-state index in [1.54, 1.807) is 11.8 Å². The molecule has 54 valence electrons. The van der Waals surface area contributed by atoms with Gasteiger partial charge in [-0.1, -0.05) is 37.3 Å². The molecular formula is C5H12N2S2. The van der Waals surface area contributed by atoms with Gasteiger partial charge in [0.15, 0.2) is 0 Å². The molecule has 4 heteroatoms. The number of hydrazine groups is 1. The third-order valence-corrected chi connectivity index (χ3v) is 2.19. The van der Waals surface area contributed by atoms with Crippen LogP contribution >= 0.6 is 24.0 Å². The smallest absolute Gasteiger partial charge is 0.147 e. The summed E-state index contributed by atoms with van der Waals surface area (Å²) in [5.74, 6) is 6.11. The van der Waals surface area contributed by atoms with Crippen LogP contribution in [0.4, 0.5) is 0 Å². The summed E-state index contributed by atoms with van der Waals surface area (Å²) < 4.78 is 0.684. The highest BCUT2D eigenvalue weighted by molar-refractivity contribution is 8.22. The number of nitrogens with two attached hydrogens (primary N) is 1. The Kier molecular flexibility index (Phi) is 6.46. The molecule has 0 bridgehead atoms. The van der Waals surface area contributed by atoms with E-state index in [-0.39, 0.29) is 0 Å². The van der Waals surface area contributed by atoms with E-state index >= 15 is 0 Å². The second-order valence-electron chi connectivity index (χ2n) is 1.63. The second-order valence-corrected chi connectivity index (χ2v) is 3.41. The van der Waals surface area contributed by atoms with Gasteiger partial charge in [0, 0.05) is 5.75 Å². The van der Waals surface area contributed by atoms with Crippen molar-refractivity contribution in [3.05, 3.63) is 0 Å². The normalized spacial score (nSPS) is 9.11. The summed E-state index contributed by atoms with van der Waals surface area (Å²) in [6, 6.07) is 0. The molecule has 0 aliphatic carbocycles. The zero-order valence-corrected chi connectivity index (χ0v) is 7.15. The van der Waals surface area contributed by atoms with Gasteiger partial charge in [0.05, 0.1) is 0 Å².